The molecule has 0 radical (unpaired) electrons. The lowest BCUT2D eigenvalue weighted by atomic mass is 9.95. The second kappa shape index (κ2) is 6.29. The summed E-state index contributed by atoms with van der Waals surface area (Å²) in [6, 6.07) is 5.18. The minimum absolute atomic E-state index is 0.0255. The molecule has 0 unspecified atom stereocenters. The number of carbonyl (C=O) groups is 1. The van der Waals surface area contributed by atoms with Gasteiger partial charge in [0.15, 0.2) is 0 Å². The lowest BCUT2D eigenvalue weighted by Gasteiger charge is -2.32. The van der Waals surface area contributed by atoms with Gasteiger partial charge in [0.2, 0.25) is 0 Å². The molecule has 1 aliphatic heterocycles. The Labute approximate surface area is 119 Å². The second-order valence-corrected chi connectivity index (χ2v) is 5.45. The zero-order valence-electron chi connectivity index (χ0n) is 11.5. The lowest BCUT2D eigenvalue weighted by molar-refractivity contribution is 0.0668. The zero-order valence-corrected chi connectivity index (χ0v) is 12.2. The molecule has 1 fully saturated rings. The Morgan fingerprint density at radius 3 is 3.00 bits per heavy atom. The van der Waals surface area contributed by atoms with E-state index in [2.05, 4.69) is 6.92 Å². The molecule has 1 saturated heterocycles. The van der Waals surface area contributed by atoms with Crippen LogP contribution < -0.4 is 4.74 Å². The van der Waals surface area contributed by atoms with Gasteiger partial charge in [0.1, 0.15) is 5.75 Å². The summed E-state index contributed by atoms with van der Waals surface area (Å²) < 4.78 is 5.26. The van der Waals surface area contributed by atoms with Crippen molar-refractivity contribution in [1.29, 1.82) is 0 Å². The Kier molecular flexibility index (Phi) is 4.70. The van der Waals surface area contributed by atoms with Crippen LogP contribution in [0.1, 0.15) is 36.5 Å². The maximum atomic E-state index is 12.6. The van der Waals surface area contributed by atoms with Crippen LogP contribution in [-0.4, -0.2) is 31.0 Å². The molecule has 0 aromatic heterocycles. The zero-order chi connectivity index (χ0) is 13.8. The third kappa shape index (κ3) is 3.21. The van der Waals surface area contributed by atoms with Gasteiger partial charge in [-0.2, -0.15) is 0 Å². The number of piperidine rings is 1. The standard InChI is InChI=1S/C15H20ClNO2/c1-3-11-5-4-8-17(10-11)15(18)13-9-12(16)6-7-14(13)19-2/h6-7,9,11H,3-5,8,10H2,1-2H3/t11-/m0/s1. The first kappa shape index (κ1) is 14.2. The number of carbonyl (C=O) groups excluding carboxylic acids is 1. The number of halogens is 1. The van der Waals surface area contributed by atoms with Crippen LogP contribution in [0.4, 0.5) is 0 Å². The van der Waals surface area contributed by atoms with Crippen molar-refractivity contribution in [2.45, 2.75) is 26.2 Å². The Morgan fingerprint density at radius 1 is 1.53 bits per heavy atom. The van der Waals surface area contributed by atoms with E-state index in [1.54, 1.807) is 25.3 Å². The highest BCUT2D eigenvalue weighted by molar-refractivity contribution is 6.31. The van der Waals surface area contributed by atoms with Crippen LogP contribution in [0.3, 0.4) is 0 Å². The molecule has 4 heteroatoms. The van der Waals surface area contributed by atoms with E-state index in [0.717, 1.165) is 25.9 Å². The van der Waals surface area contributed by atoms with Gasteiger partial charge in [-0.1, -0.05) is 24.9 Å². The number of amides is 1. The molecule has 1 amide bonds. The van der Waals surface area contributed by atoms with Crippen molar-refractivity contribution < 1.29 is 9.53 Å². The fourth-order valence-corrected chi connectivity index (χ4v) is 2.77. The van der Waals surface area contributed by atoms with Gasteiger partial charge < -0.3 is 9.64 Å². The predicted octanol–water partition coefficient (Wildman–Crippen LogP) is 3.61. The topological polar surface area (TPSA) is 29.5 Å². The molecular formula is C15H20ClNO2. The fraction of sp³-hybridized carbons (Fsp3) is 0.533. The minimum atomic E-state index is 0.0255. The molecule has 1 aromatic carbocycles. The number of hydrogen-bond donors (Lipinski definition) is 0. The van der Waals surface area contributed by atoms with Crippen molar-refractivity contribution in [2.75, 3.05) is 20.2 Å². The largest absolute Gasteiger partial charge is 0.496 e. The summed E-state index contributed by atoms with van der Waals surface area (Å²) in [5.74, 6) is 1.23. The first-order valence-corrected chi connectivity index (χ1v) is 7.16. The predicted molar refractivity (Wildman–Crippen MR) is 76.9 cm³/mol. The van der Waals surface area contributed by atoms with Gasteiger partial charge in [0.25, 0.3) is 5.91 Å². The van der Waals surface area contributed by atoms with E-state index in [1.807, 2.05) is 4.90 Å². The Hall–Kier alpha value is -1.22. The van der Waals surface area contributed by atoms with Crippen LogP contribution in [0.2, 0.25) is 5.02 Å². The average Bonchev–Trinajstić information content (AvgIpc) is 2.46. The summed E-state index contributed by atoms with van der Waals surface area (Å²) in [4.78, 5) is 14.5. The number of ether oxygens (including phenoxy) is 1. The minimum Gasteiger partial charge on any atom is -0.496 e. The van der Waals surface area contributed by atoms with Gasteiger partial charge in [0.05, 0.1) is 12.7 Å². The Balaban J connectivity index is 2.21. The van der Waals surface area contributed by atoms with Gasteiger partial charge in [-0.3, -0.25) is 4.79 Å². The molecule has 2 rings (SSSR count). The number of likely N-dealkylation sites (tertiary alicyclic amines) is 1. The van der Waals surface area contributed by atoms with Crippen molar-refractivity contribution in [2.24, 2.45) is 5.92 Å². The quantitative estimate of drug-likeness (QED) is 0.847. The van der Waals surface area contributed by atoms with Crippen molar-refractivity contribution in [1.82, 2.24) is 4.90 Å². The van der Waals surface area contributed by atoms with E-state index in [-0.39, 0.29) is 5.91 Å². The number of nitrogens with zero attached hydrogens (tertiary/aromatic N) is 1. The molecule has 0 N–H and O–H groups in total. The number of methoxy groups -OCH3 is 1. The summed E-state index contributed by atoms with van der Waals surface area (Å²) in [5, 5.41) is 0.563. The smallest absolute Gasteiger partial charge is 0.257 e. The van der Waals surface area contributed by atoms with Crippen LogP contribution >= 0.6 is 11.6 Å². The Bertz CT molecular complexity index is 461. The molecule has 0 spiro atoms. The third-order valence-electron chi connectivity index (χ3n) is 3.78. The number of rotatable bonds is 3. The molecule has 1 atom stereocenters. The highest BCUT2D eigenvalue weighted by Crippen LogP contribution is 2.27. The van der Waals surface area contributed by atoms with E-state index in [4.69, 9.17) is 16.3 Å². The van der Waals surface area contributed by atoms with Gasteiger partial charge in [-0.15, -0.1) is 0 Å². The fourth-order valence-electron chi connectivity index (χ4n) is 2.60. The summed E-state index contributed by atoms with van der Waals surface area (Å²) in [6.45, 7) is 3.84. The van der Waals surface area contributed by atoms with Gasteiger partial charge in [-0.25, -0.2) is 0 Å². The van der Waals surface area contributed by atoms with Gasteiger partial charge in [0, 0.05) is 18.1 Å². The van der Waals surface area contributed by atoms with Crippen molar-refractivity contribution in [3.05, 3.63) is 28.8 Å². The number of benzene rings is 1. The van der Waals surface area contributed by atoms with Crippen LogP contribution in [0.25, 0.3) is 0 Å². The molecular weight excluding hydrogens is 262 g/mol. The van der Waals surface area contributed by atoms with Crippen LogP contribution in [0, 0.1) is 5.92 Å². The summed E-state index contributed by atoms with van der Waals surface area (Å²) >= 11 is 5.99. The lowest BCUT2D eigenvalue weighted by Crippen LogP contribution is -2.39. The van der Waals surface area contributed by atoms with E-state index < -0.39 is 0 Å². The molecule has 1 aliphatic rings. The van der Waals surface area contributed by atoms with Crippen LogP contribution in [0.5, 0.6) is 5.75 Å². The van der Waals surface area contributed by atoms with Crippen molar-refractivity contribution in [3.63, 3.8) is 0 Å². The van der Waals surface area contributed by atoms with E-state index in [0.29, 0.717) is 22.3 Å². The van der Waals surface area contributed by atoms with E-state index in [9.17, 15) is 4.79 Å². The summed E-state index contributed by atoms with van der Waals surface area (Å²) in [5.41, 5.74) is 0.562. The molecule has 104 valence electrons. The molecule has 1 heterocycles. The molecule has 0 bridgehead atoms. The maximum absolute atomic E-state index is 12.6. The monoisotopic (exact) mass is 281 g/mol. The normalized spacial score (nSPS) is 19.3. The molecule has 19 heavy (non-hydrogen) atoms. The highest BCUT2D eigenvalue weighted by atomic mass is 35.5. The summed E-state index contributed by atoms with van der Waals surface area (Å²) in [7, 11) is 1.57. The van der Waals surface area contributed by atoms with Crippen molar-refractivity contribution >= 4 is 17.5 Å². The molecule has 0 saturated carbocycles. The molecule has 3 nitrogen and oxygen atoms in total. The average molecular weight is 282 g/mol. The first-order valence-electron chi connectivity index (χ1n) is 6.78. The second-order valence-electron chi connectivity index (χ2n) is 5.01. The van der Waals surface area contributed by atoms with Gasteiger partial charge in [-0.05, 0) is 37.0 Å². The molecule has 0 aliphatic carbocycles. The van der Waals surface area contributed by atoms with E-state index >= 15 is 0 Å². The maximum Gasteiger partial charge on any atom is 0.257 e. The number of hydrogen-bond acceptors (Lipinski definition) is 2. The third-order valence-corrected chi connectivity index (χ3v) is 4.01. The highest BCUT2D eigenvalue weighted by Gasteiger charge is 2.25. The SMILES string of the molecule is CC[C@H]1CCCN(C(=O)c2cc(Cl)ccc2OC)C1. The summed E-state index contributed by atoms with van der Waals surface area (Å²) in [6.07, 6.45) is 3.41. The first-order chi connectivity index (χ1) is 9.15. The molecule has 1 aromatic rings. The van der Waals surface area contributed by atoms with Crippen LogP contribution in [0.15, 0.2) is 18.2 Å². The van der Waals surface area contributed by atoms with Crippen LogP contribution in [-0.2, 0) is 0 Å². The van der Waals surface area contributed by atoms with Gasteiger partial charge >= 0.3 is 0 Å². The van der Waals surface area contributed by atoms with E-state index in [1.165, 1.54) is 6.42 Å². The Morgan fingerprint density at radius 2 is 2.32 bits per heavy atom. The van der Waals surface area contributed by atoms with Crippen molar-refractivity contribution in [3.8, 4) is 5.75 Å².